The standard InChI is InChI=1S/C14H15NO3/c1-4-17-14(16)12-10(3)15-13(18-12)11-8-6-5-7-9(11)2/h5-8H,4H2,1-3H3. The van der Waals surface area contributed by atoms with Gasteiger partial charge in [-0.3, -0.25) is 0 Å². The van der Waals surface area contributed by atoms with Gasteiger partial charge >= 0.3 is 5.97 Å². The van der Waals surface area contributed by atoms with Gasteiger partial charge in [0.25, 0.3) is 0 Å². The van der Waals surface area contributed by atoms with Crippen LogP contribution in [-0.2, 0) is 4.74 Å². The van der Waals surface area contributed by atoms with E-state index >= 15 is 0 Å². The monoisotopic (exact) mass is 245 g/mol. The summed E-state index contributed by atoms with van der Waals surface area (Å²) in [7, 11) is 0. The van der Waals surface area contributed by atoms with E-state index in [-0.39, 0.29) is 5.76 Å². The molecule has 0 aliphatic heterocycles. The minimum atomic E-state index is -0.470. The molecule has 1 heterocycles. The number of aryl methyl sites for hydroxylation is 2. The molecular formula is C14H15NO3. The Morgan fingerprint density at radius 3 is 2.72 bits per heavy atom. The van der Waals surface area contributed by atoms with Crippen LogP contribution < -0.4 is 0 Å². The van der Waals surface area contributed by atoms with Crippen molar-refractivity contribution >= 4 is 5.97 Å². The first-order valence-corrected chi connectivity index (χ1v) is 5.84. The fraction of sp³-hybridized carbons (Fsp3) is 0.286. The summed E-state index contributed by atoms with van der Waals surface area (Å²) in [5.41, 5.74) is 2.48. The summed E-state index contributed by atoms with van der Waals surface area (Å²) < 4.78 is 10.4. The third-order valence-electron chi connectivity index (χ3n) is 2.63. The third-order valence-corrected chi connectivity index (χ3v) is 2.63. The van der Waals surface area contributed by atoms with Crippen molar-refractivity contribution in [1.82, 2.24) is 4.98 Å². The van der Waals surface area contributed by atoms with E-state index in [0.717, 1.165) is 11.1 Å². The lowest BCUT2D eigenvalue weighted by Gasteiger charge is -2.00. The Kier molecular flexibility index (Phi) is 3.46. The first-order chi connectivity index (χ1) is 8.63. The van der Waals surface area contributed by atoms with Crippen LogP contribution in [0.25, 0.3) is 11.5 Å². The lowest BCUT2D eigenvalue weighted by molar-refractivity contribution is 0.0490. The Morgan fingerprint density at radius 2 is 2.06 bits per heavy atom. The van der Waals surface area contributed by atoms with E-state index in [1.165, 1.54) is 0 Å². The summed E-state index contributed by atoms with van der Waals surface area (Å²) in [6.07, 6.45) is 0. The second-order valence-corrected chi connectivity index (χ2v) is 3.97. The molecule has 2 rings (SSSR count). The van der Waals surface area contributed by atoms with E-state index < -0.39 is 5.97 Å². The van der Waals surface area contributed by atoms with Gasteiger partial charge in [0.1, 0.15) is 0 Å². The lowest BCUT2D eigenvalue weighted by atomic mass is 10.1. The van der Waals surface area contributed by atoms with Gasteiger partial charge in [0.2, 0.25) is 11.7 Å². The van der Waals surface area contributed by atoms with Gasteiger partial charge in [-0.15, -0.1) is 0 Å². The highest BCUT2D eigenvalue weighted by atomic mass is 16.5. The minimum Gasteiger partial charge on any atom is -0.460 e. The van der Waals surface area contributed by atoms with E-state index in [0.29, 0.717) is 18.2 Å². The summed E-state index contributed by atoms with van der Waals surface area (Å²) in [6.45, 7) is 5.78. The number of carbonyl (C=O) groups is 1. The van der Waals surface area contributed by atoms with Crippen molar-refractivity contribution in [1.29, 1.82) is 0 Å². The maximum Gasteiger partial charge on any atom is 0.376 e. The Hall–Kier alpha value is -2.10. The fourth-order valence-corrected chi connectivity index (χ4v) is 1.71. The molecule has 0 atom stereocenters. The largest absolute Gasteiger partial charge is 0.460 e. The van der Waals surface area contributed by atoms with Crippen LogP contribution >= 0.6 is 0 Å². The van der Waals surface area contributed by atoms with Gasteiger partial charge in [-0.05, 0) is 32.4 Å². The lowest BCUT2D eigenvalue weighted by Crippen LogP contribution is -2.04. The Labute approximate surface area is 106 Å². The molecule has 4 heteroatoms. The number of hydrogen-bond acceptors (Lipinski definition) is 4. The summed E-state index contributed by atoms with van der Waals surface area (Å²) in [6, 6.07) is 7.74. The van der Waals surface area contributed by atoms with E-state index in [9.17, 15) is 4.79 Å². The van der Waals surface area contributed by atoms with Crippen LogP contribution in [0.15, 0.2) is 28.7 Å². The zero-order valence-electron chi connectivity index (χ0n) is 10.7. The zero-order chi connectivity index (χ0) is 13.1. The van der Waals surface area contributed by atoms with Crippen LogP contribution in [0.1, 0.15) is 28.7 Å². The molecule has 18 heavy (non-hydrogen) atoms. The predicted octanol–water partition coefficient (Wildman–Crippen LogP) is 3.14. The van der Waals surface area contributed by atoms with E-state index in [1.807, 2.05) is 31.2 Å². The number of rotatable bonds is 3. The van der Waals surface area contributed by atoms with Gasteiger partial charge < -0.3 is 9.15 Å². The molecule has 0 N–H and O–H groups in total. The molecule has 1 aromatic heterocycles. The smallest absolute Gasteiger partial charge is 0.376 e. The van der Waals surface area contributed by atoms with Crippen LogP contribution in [0.4, 0.5) is 0 Å². The molecule has 0 spiro atoms. The topological polar surface area (TPSA) is 52.3 Å². The maximum atomic E-state index is 11.6. The van der Waals surface area contributed by atoms with Gasteiger partial charge in [-0.2, -0.15) is 0 Å². The van der Waals surface area contributed by atoms with Gasteiger partial charge in [-0.25, -0.2) is 9.78 Å². The number of nitrogens with zero attached hydrogens (tertiary/aromatic N) is 1. The molecule has 0 amide bonds. The Morgan fingerprint density at radius 1 is 1.33 bits per heavy atom. The SMILES string of the molecule is CCOC(=O)c1oc(-c2ccccc2C)nc1C. The molecule has 94 valence electrons. The van der Waals surface area contributed by atoms with Crippen LogP contribution in [0.5, 0.6) is 0 Å². The summed E-state index contributed by atoms with van der Waals surface area (Å²) in [4.78, 5) is 15.9. The highest BCUT2D eigenvalue weighted by molar-refractivity contribution is 5.88. The maximum absolute atomic E-state index is 11.6. The zero-order valence-corrected chi connectivity index (χ0v) is 10.7. The Bertz CT molecular complexity index is 572. The Balaban J connectivity index is 2.41. The number of oxazole rings is 1. The van der Waals surface area contributed by atoms with E-state index in [4.69, 9.17) is 9.15 Å². The average molecular weight is 245 g/mol. The van der Waals surface area contributed by atoms with Crippen molar-refractivity contribution < 1.29 is 13.9 Å². The second kappa shape index (κ2) is 5.04. The molecule has 0 bridgehead atoms. The molecule has 2 aromatic rings. The molecule has 0 fully saturated rings. The molecule has 1 aromatic carbocycles. The predicted molar refractivity (Wildman–Crippen MR) is 67.4 cm³/mol. The molecular weight excluding hydrogens is 230 g/mol. The molecule has 0 saturated carbocycles. The number of aromatic nitrogens is 1. The quantitative estimate of drug-likeness (QED) is 0.779. The minimum absolute atomic E-state index is 0.176. The van der Waals surface area contributed by atoms with Crippen molar-refractivity contribution in [2.24, 2.45) is 0 Å². The molecule has 0 unspecified atom stereocenters. The second-order valence-electron chi connectivity index (χ2n) is 3.97. The molecule has 4 nitrogen and oxygen atoms in total. The number of hydrogen-bond donors (Lipinski definition) is 0. The number of ether oxygens (including phenoxy) is 1. The summed E-state index contributed by atoms with van der Waals surface area (Å²) >= 11 is 0. The van der Waals surface area contributed by atoms with Crippen LogP contribution in [0, 0.1) is 13.8 Å². The van der Waals surface area contributed by atoms with Crippen molar-refractivity contribution in [2.45, 2.75) is 20.8 Å². The molecule has 0 aliphatic carbocycles. The van der Waals surface area contributed by atoms with Gasteiger partial charge in [-0.1, -0.05) is 18.2 Å². The van der Waals surface area contributed by atoms with E-state index in [2.05, 4.69) is 4.98 Å². The summed E-state index contributed by atoms with van der Waals surface area (Å²) in [5.74, 6) is 0.158. The normalized spacial score (nSPS) is 10.4. The average Bonchev–Trinajstić information content (AvgIpc) is 2.72. The molecule has 0 aliphatic rings. The molecule has 0 saturated heterocycles. The van der Waals surface area contributed by atoms with Crippen molar-refractivity contribution in [3.8, 4) is 11.5 Å². The first-order valence-electron chi connectivity index (χ1n) is 5.84. The van der Waals surface area contributed by atoms with Gasteiger partial charge in [0.15, 0.2) is 0 Å². The summed E-state index contributed by atoms with van der Waals surface area (Å²) in [5, 5.41) is 0. The number of benzene rings is 1. The third kappa shape index (κ3) is 2.27. The van der Waals surface area contributed by atoms with E-state index in [1.54, 1.807) is 13.8 Å². The van der Waals surface area contributed by atoms with Crippen LogP contribution in [0.2, 0.25) is 0 Å². The highest BCUT2D eigenvalue weighted by Crippen LogP contribution is 2.25. The number of carbonyl (C=O) groups excluding carboxylic acids is 1. The highest BCUT2D eigenvalue weighted by Gasteiger charge is 2.19. The first kappa shape index (κ1) is 12.4. The van der Waals surface area contributed by atoms with Crippen LogP contribution in [-0.4, -0.2) is 17.6 Å². The van der Waals surface area contributed by atoms with Crippen LogP contribution in [0.3, 0.4) is 0 Å². The van der Waals surface area contributed by atoms with Crippen molar-refractivity contribution in [2.75, 3.05) is 6.61 Å². The van der Waals surface area contributed by atoms with Crippen molar-refractivity contribution in [3.05, 3.63) is 41.3 Å². The van der Waals surface area contributed by atoms with Gasteiger partial charge in [0.05, 0.1) is 12.3 Å². The van der Waals surface area contributed by atoms with Gasteiger partial charge in [0, 0.05) is 5.56 Å². The number of esters is 1. The fourth-order valence-electron chi connectivity index (χ4n) is 1.71. The van der Waals surface area contributed by atoms with Crippen molar-refractivity contribution in [3.63, 3.8) is 0 Å². The molecule has 0 radical (unpaired) electrons.